The standard InChI is InChI=1S/C23H26ClN3O5S/c1-16-22(24)17(2)27(25-16)19-8-6-18(7-9-19)23(28)26(14-5-15-31-3)33(29,30)21-12-10-20(32-4)11-13-21/h6-13H,5,14-15H2,1-4H3. The fraction of sp³-hybridized carbons (Fsp3) is 0.304. The Morgan fingerprint density at radius 3 is 2.21 bits per heavy atom. The highest BCUT2D eigenvalue weighted by Gasteiger charge is 2.30. The van der Waals surface area contributed by atoms with Crippen molar-refractivity contribution in [2.75, 3.05) is 27.4 Å². The van der Waals surface area contributed by atoms with Gasteiger partial charge in [-0.1, -0.05) is 11.6 Å². The van der Waals surface area contributed by atoms with E-state index in [4.69, 9.17) is 21.1 Å². The predicted molar refractivity (Wildman–Crippen MR) is 126 cm³/mol. The van der Waals surface area contributed by atoms with Gasteiger partial charge in [0.15, 0.2) is 0 Å². The zero-order valence-corrected chi connectivity index (χ0v) is 20.5. The van der Waals surface area contributed by atoms with Crippen LogP contribution in [-0.2, 0) is 14.8 Å². The van der Waals surface area contributed by atoms with E-state index >= 15 is 0 Å². The van der Waals surface area contributed by atoms with Crippen molar-refractivity contribution in [2.45, 2.75) is 25.2 Å². The summed E-state index contributed by atoms with van der Waals surface area (Å²) >= 11 is 6.23. The molecule has 0 radical (unpaired) electrons. The molecule has 10 heteroatoms. The summed E-state index contributed by atoms with van der Waals surface area (Å²) in [5.41, 5.74) is 2.42. The number of nitrogens with zero attached hydrogens (tertiary/aromatic N) is 3. The Morgan fingerprint density at radius 1 is 1.06 bits per heavy atom. The highest BCUT2D eigenvalue weighted by atomic mass is 35.5. The minimum atomic E-state index is -4.09. The van der Waals surface area contributed by atoms with E-state index in [-0.39, 0.29) is 17.0 Å². The number of halogens is 1. The van der Waals surface area contributed by atoms with Gasteiger partial charge in [0, 0.05) is 25.8 Å². The molecule has 0 fully saturated rings. The molecule has 0 saturated heterocycles. The molecule has 0 aliphatic carbocycles. The Kier molecular flexibility index (Phi) is 7.78. The van der Waals surface area contributed by atoms with Gasteiger partial charge in [0.05, 0.1) is 34.1 Å². The maximum absolute atomic E-state index is 13.3. The van der Waals surface area contributed by atoms with Gasteiger partial charge in [0.1, 0.15) is 5.75 Å². The van der Waals surface area contributed by atoms with Crippen LogP contribution < -0.4 is 4.74 Å². The number of methoxy groups -OCH3 is 2. The van der Waals surface area contributed by atoms with Crippen molar-refractivity contribution in [3.8, 4) is 11.4 Å². The largest absolute Gasteiger partial charge is 0.497 e. The minimum absolute atomic E-state index is 0.00275. The van der Waals surface area contributed by atoms with Crippen molar-refractivity contribution in [1.29, 1.82) is 0 Å². The van der Waals surface area contributed by atoms with Crippen LogP contribution in [0.1, 0.15) is 28.2 Å². The molecule has 1 aromatic heterocycles. The van der Waals surface area contributed by atoms with Crippen LogP contribution in [0.2, 0.25) is 5.02 Å². The van der Waals surface area contributed by atoms with Crippen LogP contribution in [0.15, 0.2) is 53.4 Å². The molecule has 8 nitrogen and oxygen atoms in total. The van der Waals surface area contributed by atoms with E-state index in [0.29, 0.717) is 35.2 Å². The summed E-state index contributed by atoms with van der Waals surface area (Å²) in [6.07, 6.45) is 0.361. The molecule has 0 spiro atoms. The second-order valence-corrected chi connectivity index (χ2v) is 9.59. The molecule has 1 heterocycles. The zero-order valence-electron chi connectivity index (χ0n) is 18.9. The Hall–Kier alpha value is -2.88. The molecule has 0 aliphatic rings. The first-order valence-electron chi connectivity index (χ1n) is 10.2. The number of aromatic nitrogens is 2. The summed E-state index contributed by atoms with van der Waals surface area (Å²) in [6, 6.07) is 12.5. The predicted octanol–water partition coefficient (Wildman–Crippen LogP) is 4.02. The number of sulfonamides is 1. The number of carbonyl (C=O) groups is 1. The molecular weight excluding hydrogens is 466 g/mol. The quantitative estimate of drug-likeness (QED) is 0.420. The first-order valence-corrected chi connectivity index (χ1v) is 12.0. The summed E-state index contributed by atoms with van der Waals surface area (Å²) in [5, 5.41) is 4.98. The normalized spacial score (nSPS) is 11.4. The first-order chi connectivity index (χ1) is 15.7. The molecule has 0 unspecified atom stereocenters. The number of rotatable bonds is 9. The Labute approximate surface area is 198 Å². The molecule has 3 rings (SSSR count). The maximum atomic E-state index is 13.3. The highest BCUT2D eigenvalue weighted by molar-refractivity contribution is 7.89. The molecule has 33 heavy (non-hydrogen) atoms. The lowest BCUT2D eigenvalue weighted by molar-refractivity contribution is 0.0850. The fourth-order valence-corrected chi connectivity index (χ4v) is 4.87. The molecule has 3 aromatic rings. The second kappa shape index (κ2) is 10.4. The SMILES string of the molecule is COCCCN(C(=O)c1ccc(-n2nc(C)c(Cl)c2C)cc1)S(=O)(=O)c1ccc(OC)cc1. The zero-order chi connectivity index (χ0) is 24.2. The Balaban J connectivity index is 1.93. The smallest absolute Gasteiger partial charge is 0.267 e. The van der Waals surface area contributed by atoms with Crippen LogP contribution >= 0.6 is 11.6 Å². The molecule has 1 amide bonds. The molecule has 0 atom stereocenters. The monoisotopic (exact) mass is 491 g/mol. The number of benzene rings is 2. The third-order valence-corrected chi connectivity index (χ3v) is 7.49. The van der Waals surface area contributed by atoms with Gasteiger partial charge in [-0.15, -0.1) is 0 Å². The average molecular weight is 492 g/mol. The van der Waals surface area contributed by atoms with E-state index < -0.39 is 15.9 Å². The van der Waals surface area contributed by atoms with Crippen molar-refractivity contribution in [3.63, 3.8) is 0 Å². The van der Waals surface area contributed by atoms with E-state index in [1.807, 2.05) is 13.8 Å². The van der Waals surface area contributed by atoms with Crippen LogP contribution in [0.5, 0.6) is 5.75 Å². The van der Waals surface area contributed by atoms with Gasteiger partial charge in [-0.2, -0.15) is 5.10 Å². The summed E-state index contributed by atoms with van der Waals surface area (Å²) in [6.45, 7) is 3.96. The van der Waals surface area contributed by atoms with Crippen LogP contribution in [-0.4, -0.2) is 55.8 Å². The number of ether oxygens (including phenoxy) is 2. The van der Waals surface area contributed by atoms with Crippen molar-refractivity contribution < 1.29 is 22.7 Å². The van der Waals surface area contributed by atoms with E-state index in [0.717, 1.165) is 10.00 Å². The third kappa shape index (κ3) is 5.21. The van der Waals surface area contributed by atoms with Gasteiger partial charge < -0.3 is 9.47 Å². The molecule has 2 aromatic carbocycles. The number of aryl methyl sites for hydroxylation is 1. The van der Waals surface area contributed by atoms with Crippen LogP contribution in [0, 0.1) is 13.8 Å². The van der Waals surface area contributed by atoms with Gasteiger partial charge in [-0.25, -0.2) is 17.4 Å². The number of amides is 1. The van der Waals surface area contributed by atoms with Crippen LogP contribution in [0.25, 0.3) is 5.69 Å². The lowest BCUT2D eigenvalue weighted by atomic mass is 10.2. The highest BCUT2D eigenvalue weighted by Crippen LogP contribution is 2.24. The number of hydrogen-bond acceptors (Lipinski definition) is 6. The van der Waals surface area contributed by atoms with Crippen LogP contribution in [0.4, 0.5) is 0 Å². The third-order valence-electron chi connectivity index (χ3n) is 5.15. The lowest BCUT2D eigenvalue weighted by Crippen LogP contribution is -2.38. The van der Waals surface area contributed by atoms with Crippen molar-refractivity contribution in [3.05, 3.63) is 70.5 Å². The Bertz CT molecular complexity index is 1220. The first kappa shape index (κ1) is 24.8. The Morgan fingerprint density at radius 2 is 1.70 bits per heavy atom. The van der Waals surface area contributed by atoms with Crippen molar-refractivity contribution in [1.82, 2.24) is 14.1 Å². The second-order valence-electron chi connectivity index (χ2n) is 7.35. The molecule has 0 aliphatic heterocycles. The van der Waals surface area contributed by atoms with E-state index in [9.17, 15) is 13.2 Å². The minimum Gasteiger partial charge on any atom is -0.497 e. The summed E-state index contributed by atoms with van der Waals surface area (Å²) in [4.78, 5) is 13.3. The van der Waals surface area contributed by atoms with Crippen molar-refractivity contribution >= 4 is 27.5 Å². The lowest BCUT2D eigenvalue weighted by Gasteiger charge is -2.23. The number of carbonyl (C=O) groups excluding carboxylic acids is 1. The van der Waals surface area contributed by atoms with E-state index in [1.54, 1.807) is 41.1 Å². The van der Waals surface area contributed by atoms with Crippen LogP contribution in [0.3, 0.4) is 0 Å². The van der Waals surface area contributed by atoms with Crippen molar-refractivity contribution in [2.24, 2.45) is 0 Å². The molecular formula is C23H26ClN3O5S. The summed E-state index contributed by atoms with van der Waals surface area (Å²) in [5.74, 6) is -0.106. The summed E-state index contributed by atoms with van der Waals surface area (Å²) < 4.78 is 39.3. The maximum Gasteiger partial charge on any atom is 0.267 e. The van der Waals surface area contributed by atoms with Gasteiger partial charge >= 0.3 is 0 Å². The fourth-order valence-electron chi connectivity index (χ4n) is 3.32. The van der Waals surface area contributed by atoms with Gasteiger partial charge in [-0.05, 0) is 68.8 Å². The number of hydrogen-bond donors (Lipinski definition) is 0. The van der Waals surface area contributed by atoms with Gasteiger partial charge in [0.25, 0.3) is 15.9 Å². The van der Waals surface area contributed by atoms with E-state index in [2.05, 4.69) is 5.10 Å². The van der Waals surface area contributed by atoms with Gasteiger partial charge in [0.2, 0.25) is 0 Å². The molecule has 0 N–H and O–H groups in total. The topological polar surface area (TPSA) is 90.7 Å². The van der Waals surface area contributed by atoms with Gasteiger partial charge in [-0.3, -0.25) is 4.79 Å². The molecule has 0 saturated carbocycles. The average Bonchev–Trinajstić information content (AvgIpc) is 3.08. The summed E-state index contributed by atoms with van der Waals surface area (Å²) in [7, 11) is -1.07. The molecule has 176 valence electrons. The molecule has 0 bridgehead atoms. The van der Waals surface area contributed by atoms with E-state index in [1.165, 1.54) is 26.4 Å².